The highest BCUT2D eigenvalue weighted by molar-refractivity contribution is 7.11. The number of ether oxygens (including phenoxy) is 1. The molecule has 0 aromatic carbocycles. The first-order valence-corrected chi connectivity index (χ1v) is 7.57. The predicted octanol–water partition coefficient (Wildman–Crippen LogP) is 4.20. The largest absolute Gasteiger partial charge is 0.376 e. The van der Waals surface area contributed by atoms with Gasteiger partial charge in [0.05, 0.1) is 6.61 Å². The molecule has 0 amide bonds. The van der Waals surface area contributed by atoms with Crippen molar-refractivity contribution in [2.45, 2.75) is 60.2 Å². The molecule has 1 rings (SSSR count). The molecule has 18 heavy (non-hydrogen) atoms. The molecule has 0 radical (unpaired) electrons. The van der Waals surface area contributed by atoms with Crippen LogP contribution >= 0.6 is 11.3 Å². The summed E-state index contributed by atoms with van der Waals surface area (Å²) in [4.78, 5) is 2.71. The van der Waals surface area contributed by atoms with E-state index in [9.17, 15) is 0 Å². The average molecular weight is 269 g/mol. The van der Waals surface area contributed by atoms with Crippen molar-refractivity contribution < 1.29 is 4.74 Å². The van der Waals surface area contributed by atoms with E-state index in [1.807, 2.05) is 11.3 Å². The summed E-state index contributed by atoms with van der Waals surface area (Å²) in [6.45, 7) is 13.6. The summed E-state index contributed by atoms with van der Waals surface area (Å²) < 4.78 is 5.72. The highest BCUT2D eigenvalue weighted by Crippen LogP contribution is 2.20. The second-order valence-electron chi connectivity index (χ2n) is 6.27. The van der Waals surface area contributed by atoms with Crippen LogP contribution in [0, 0.1) is 5.41 Å². The van der Waals surface area contributed by atoms with Crippen molar-refractivity contribution in [3.63, 3.8) is 0 Å². The summed E-state index contributed by atoms with van der Waals surface area (Å²) in [6, 6.07) is 4.92. The van der Waals surface area contributed by atoms with Crippen LogP contribution in [-0.4, -0.2) is 12.6 Å². The lowest BCUT2D eigenvalue weighted by molar-refractivity contribution is 0.0980. The maximum atomic E-state index is 5.72. The SMILES string of the molecule is CC(C)NCc1ccc(COCCC(C)(C)C)s1. The summed E-state index contributed by atoms with van der Waals surface area (Å²) in [6.07, 6.45) is 1.11. The van der Waals surface area contributed by atoms with E-state index < -0.39 is 0 Å². The van der Waals surface area contributed by atoms with Gasteiger partial charge in [-0.15, -0.1) is 11.3 Å². The van der Waals surface area contributed by atoms with Gasteiger partial charge in [-0.2, -0.15) is 0 Å². The molecule has 0 fully saturated rings. The maximum Gasteiger partial charge on any atom is 0.0809 e. The molecule has 1 N–H and O–H groups in total. The second kappa shape index (κ2) is 7.27. The van der Waals surface area contributed by atoms with Gasteiger partial charge in [0.15, 0.2) is 0 Å². The maximum absolute atomic E-state index is 5.72. The van der Waals surface area contributed by atoms with Crippen LogP contribution in [0.4, 0.5) is 0 Å². The van der Waals surface area contributed by atoms with Gasteiger partial charge in [0.2, 0.25) is 0 Å². The topological polar surface area (TPSA) is 21.3 Å². The Morgan fingerprint density at radius 3 is 2.50 bits per heavy atom. The first kappa shape index (κ1) is 15.7. The zero-order chi connectivity index (χ0) is 13.6. The molecule has 0 spiro atoms. The molecule has 0 atom stereocenters. The van der Waals surface area contributed by atoms with Gasteiger partial charge in [-0.05, 0) is 24.0 Å². The minimum absolute atomic E-state index is 0.363. The molecule has 0 aliphatic carbocycles. The first-order valence-electron chi connectivity index (χ1n) is 6.75. The fraction of sp³-hybridized carbons (Fsp3) is 0.733. The summed E-state index contributed by atoms with van der Waals surface area (Å²) in [7, 11) is 0. The van der Waals surface area contributed by atoms with Crippen molar-refractivity contribution in [1.29, 1.82) is 0 Å². The minimum atomic E-state index is 0.363. The third kappa shape index (κ3) is 7.14. The molecule has 0 unspecified atom stereocenters. The molecule has 0 aliphatic rings. The van der Waals surface area contributed by atoms with Crippen molar-refractivity contribution in [2.24, 2.45) is 5.41 Å². The second-order valence-corrected chi connectivity index (χ2v) is 7.52. The third-order valence-corrected chi connectivity index (χ3v) is 3.70. The molecule has 0 aliphatic heterocycles. The fourth-order valence-electron chi connectivity index (χ4n) is 1.45. The molecule has 1 aromatic heterocycles. The highest BCUT2D eigenvalue weighted by Gasteiger charge is 2.09. The molecule has 104 valence electrons. The lowest BCUT2D eigenvalue weighted by Crippen LogP contribution is -2.21. The molecule has 2 nitrogen and oxygen atoms in total. The van der Waals surface area contributed by atoms with Gasteiger partial charge < -0.3 is 10.1 Å². The normalized spacial score (nSPS) is 12.3. The summed E-state index contributed by atoms with van der Waals surface area (Å²) in [5.74, 6) is 0. The summed E-state index contributed by atoms with van der Waals surface area (Å²) in [5.41, 5.74) is 0.363. The molecule has 0 saturated carbocycles. The number of hydrogen-bond donors (Lipinski definition) is 1. The molecule has 1 heterocycles. The van der Waals surface area contributed by atoms with Crippen LogP contribution in [0.1, 0.15) is 50.8 Å². The summed E-state index contributed by atoms with van der Waals surface area (Å²) >= 11 is 1.85. The third-order valence-electron chi connectivity index (χ3n) is 2.64. The van der Waals surface area contributed by atoms with Crippen molar-refractivity contribution in [3.05, 3.63) is 21.9 Å². The molecule has 3 heteroatoms. The van der Waals surface area contributed by atoms with E-state index in [0.29, 0.717) is 11.5 Å². The van der Waals surface area contributed by atoms with E-state index in [-0.39, 0.29) is 0 Å². The van der Waals surface area contributed by atoms with E-state index in [2.05, 4.69) is 52.1 Å². The Bertz CT molecular complexity index is 339. The Kier molecular flexibility index (Phi) is 6.33. The van der Waals surface area contributed by atoms with Crippen molar-refractivity contribution in [2.75, 3.05) is 6.61 Å². The van der Waals surface area contributed by atoms with Crippen LogP contribution in [0.3, 0.4) is 0 Å². The van der Waals surface area contributed by atoms with Crippen LogP contribution < -0.4 is 5.32 Å². The van der Waals surface area contributed by atoms with Gasteiger partial charge in [0.1, 0.15) is 0 Å². The fourth-order valence-corrected chi connectivity index (χ4v) is 2.36. The van der Waals surface area contributed by atoms with Gasteiger partial charge in [-0.1, -0.05) is 34.6 Å². The standard InChI is InChI=1S/C15H27NOS/c1-12(2)16-10-13-6-7-14(18-13)11-17-9-8-15(3,4)5/h6-7,12,16H,8-11H2,1-5H3. The smallest absolute Gasteiger partial charge is 0.0809 e. The Morgan fingerprint density at radius 2 is 1.89 bits per heavy atom. The van der Waals surface area contributed by atoms with Crippen LogP contribution in [0.25, 0.3) is 0 Å². The first-order chi connectivity index (χ1) is 8.37. The number of thiophene rings is 1. The van der Waals surface area contributed by atoms with Crippen LogP contribution in [0.15, 0.2) is 12.1 Å². The zero-order valence-electron chi connectivity index (χ0n) is 12.4. The zero-order valence-corrected chi connectivity index (χ0v) is 13.2. The summed E-state index contributed by atoms with van der Waals surface area (Å²) in [5, 5.41) is 3.43. The molecule has 0 saturated heterocycles. The Labute approximate surface area is 116 Å². The van der Waals surface area contributed by atoms with E-state index in [1.54, 1.807) is 0 Å². The molecule has 0 bridgehead atoms. The van der Waals surface area contributed by atoms with E-state index in [4.69, 9.17) is 4.74 Å². The van der Waals surface area contributed by atoms with Crippen LogP contribution in [-0.2, 0) is 17.9 Å². The Hall–Kier alpha value is -0.380. The van der Waals surface area contributed by atoms with Gasteiger partial charge in [-0.25, -0.2) is 0 Å². The number of rotatable bonds is 7. The van der Waals surface area contributed by atoms with E-state index in [1.165, 1.54) is 9.75 Å². The highest BCUT2D eigenvalue weighted by atomic mass is 32.1. The van der Waals surface area contributed by atoms with Crippen LogP contribution in [0.2, 0.25) is 0 Å². The molecular weight excluding hydrogens is 242 g/mol. The number of hydrogen-bond acceptors (Lipinski definition) is 3. The molecule has 1 aromatic rings. The monoisotopic (exact) mass is 269 g/mol. The Morgan fingerprint density at radius 1 is 1.22 bits per heavy atom. The van der Waals surface area contributed by atoms with Crippen molar-refractivity contribution in [1.82, 2.24) is 5.32 Å². The van der Waals surface area contributed by atoms with Crippen molar-refractivity contribution >= 4 is 11.3 Å². The van der Waals surface area contributed by atoms with Gasteiger partial charge in [0.25, 0.3) is 0 Å². The lowest BCUT2D eigenvalue weighted by Gasteiger charge is -2.17. The Balaban J connectivity index is 2.23. The lowest BCUT2D eigenvalue weighted by atomic mass is 9.93. The van der Waals surface area contributed by atoms with E-state index >= 15 is 0 Å². The average Bonchev–Trinajstić information content (AvgIpc) is 2.68. The predicted molar refractivity (Wildman–Crippen MR) is 80.0 cm³/mol. The minimum Gasteiger partial charge on any atom is -0.376 e. The van der Waals surface area contributed by atoms with E-state index in [0.717, 1.165) is 26.2 Å². The van der Waals surface area contributed by atoms with Gasteiger partial charge in [-0.3, -0.25) is 0 Å². The van der Waals surface area contributed by atoms with Crippen molar-refractivity contribution in [3.8, 4) is 0 Å². The van der Waals surface area contributed by atoms with Gasteiger partial charge in [0, 0.05) is 28.9 Å². The van der Waals surface area contributed by atoms with Crippen LogP contribution in [0.5, 0.6) is 0 Å². The van der Waals surface area contributed by atoms with Gasteiger partial charge >= 0.3 is 0 Å². The molecular formula is C15H27NOS. The quantitative estimate of drug-likeness (QED) is 0.749. The number of nitrogens with one attached hydrogen (secondary N) is 1.